The van der Waals surface area contributed by atoms with Gasteiger partial charge < -0.3 is 9.84 Å². The summed E-state index contributed by atoms with van der Waals surface area (Å²) in [5.74, 6) is 0.562. The first-order valence-corrected chi connectivity index (χ1v) is 8.24. The van der Waals surface area contributed by atoms with Gasteiger partial charge in [0.25, 0.3) is 10.0 Å². The lowest BCUT2D eigenvalue weighted by molar-refractivity contribution is 0.233. The third-order valence-corrected chi connectivity index (χ3v) is 4.53. The Kier molecular flexibility index (Phi) is 4.94. The van der Waals surface area contributed by atoms with Gasteiger partial charge in [-0.25, -0.2) is 13.4 Å². The van der Waals surface area contributed by atoms with E-state index in [1.165, 1.54) is 29.7 Å². The number of nitrogens with one attached hydrogen (secondary N) is 1. The zero-order valence-corrected chi connectivity index (χ0v) is 12.2. The van der Waals surface area contributed by atoms with E-state index in [4.69, 9.17) is 9.84 Å². The summed E-state index contributed by atoms with van der Waals surface area (Å²) < 4.78 is 31.8. The molecule has 1 aromatic carbocycles. The number of hydrogen-bond acceptors (Lipinski definition) is 6. The number of thiazole rings is 1. The topological polar surface area (TPSA) is 88.5 Å². The van der Waals surface area contributed by atoms with Crippen LogP contribution >= 0.6 is 11.3 Å². The second kappa shape index (κ2) is 6.69. The number of aliphatic hydroxyl groups excluding tert-OH is 1. The van der Waals surface area contributed by atoms with Crippen LogP contribution in [-0.4, -0.2) is 31.7 Å². The number of ether oxygens (including phenoxy) is 1. The van der Waals surface area contributed by atoms with Gasteiger partial charge in [0.1, 0.15) is 5.75 Å². The van der Waals surface area contributed by atoms with Crippen molar-refractivity contribution in [3.05, 3.63) is 35.8 Å². The van der Waals surface area contributed by atoms with E-state index in [2.05, 4.69) is 9.71 Å². The van der Waals surface area contributed by atoms with Gasteiger partial charge in [-0.2, -0.15) is 0 Å². The van der Waals surface area contributed by atoms with Gasteiger partial charge >= 0.3 is 0 Å². The Hall–Kier alpha value is -1.64. The Labute approximate surface area is 121 Å². The van der Waals surface area contributed by atoms with Gasteiger partial charge in [0, 0.05) is 24.6 Å². The average Bonchev–Trinajstić information content (AvgIpc) is 2.92. The first-order valence-electron chi connectivity index (χ1n) is 5.88. The molecule has 0 aliphatic carbocycles. The number of rotatable bonds is 7. The van der Waals surface area contributed by atoms with Gasteiger partial charge in [0.15, 0.2) is 5.13 Å². The molecular weight excluding hydrogens is 300 g/mol. The summed E-state index contributed by atoms with van der Waals surface area (Å²) >= 11 is 1.21. The van der Waals surface area contributed by atoms with Gasteiger partial charge in [-0.15, -0.1) is 11.3 Å². The zero-order valence-electron chi connectivity index (χ0n) is 10.5. The van der Waals surface area contributed by atoms with E-state index in [1.807, 2.05) is 0 Å². The van der Waals surface area contributed by atoms with Crippen molar-refractivity contribution in [3.63, 3.8) is 0 Å². The zero-order chi connectivity index (χ0) is 14.4. The summed E-state index contributed by atoms with van der Waals surface area (Å²) in [4.78, 5) is 4.02. The fourth-order valence-electron chi connectivity index (χ4n) is 1.42. The number of benzene rings is 1. The molecule has 0 aliphatic heterocycles. The third-order valence-electron chi connectivity index (χ3n) is 2.36. The van der Waals surface area contributed by atoms with Gasteiger partial charge in [-0.1, -0.05) is 0 Å². The highest BCUT2D eigenvalue weighted by atomic mass is 32.2. The predicted molar refractivity (Wildman–Crippen MR) is 76.6 cm³/mol. The van der Waals surface area contributed by atoms with Crippen molar-refractivity contribution in [2.24, 2.45) is 0 Å². The number of hydrogen-bond donors (Lipinski definition) is 2. The van der Waals surface area contributed by atoms with E-state index >= 15 is 0 Å². The van der Waals surface area contributed by atoms with Gasteiger partial charge in [0.2, 0.25) is 0 Å². The number of sulfonamides is 1. The molecule has 6 nitrogen and oxygen atoms in total. The van der Waals surface area contributed by atoms with Crippen LogP contribution in [0.15, 0.2) is 40.7 Å². The van der Waals surface area contributed by atoms with E-state index in [9.17, 15) is 8.42 Å². The normalized spacial score (nSPS) is 11.2. The molecule has 0 saturated carbocycles. The van der Waals surface area contributed by atoms with Crippen LogP contribution in [0, 0.1) is 0 Å². The largest absolute Gasteiger partial charge is 0.494 e. The number of aromatic nitrogens is 1. The molecule has 0 radical (unpaired) electrons. The lowest BCUT2D eigenvalue weighted by atomic mass is 10.3. The van der Waals surface area contributed by atoms with Crippen LogP contribution in [0.1, 0.15) is 6.42 Å². The second-order valence-electron chi connectivity index (χ2n) is 3.84. The molecule has 2 N–H and O–H groups in total. The van der Waals surface area contributed by atoms with Crippen LogP contribution in [0.3, 0.4) is 0 Å². The van der Waals surface area contributed by atoms with Crippen LogP contribution in [0.2, 0.25) is 0 Å². The number of nitrogens with zero attached hydrogens (tertiary/aromatic N) is 1. The minimum atomic E-state index is -3.62. The summed E-state index contributed by atoms with van der Waals surface area (Å²) in [7, 11) is -3.62. The average molecular weight is 314 g/mol. The van der Waals surface area contributed by atoms with E-state index < -0.39 is 10.0 Å². The van der Waals surface area contributed by atoms with Crippen molar-refractivity contribution < 1.29 is 18.3 Å². The number of anilines is 1. The lowest BCUT2D eigenvalue weighted by Crippen LogP contribution is -2.12. The summed E-state index contributed by atoms with van der Waals surface area (Å²) in [6, 6.07) is 6.08. The maximum atomic E-state index is 12.1. The minimum Gasteiger partial charge on any atom is -0.494 e. The third kappa shape index (κ3) is 3.92. The molecule has 20 heavy (non-hydrogen) atoms. The molecule has 0 atom stereocenters. The molecule has 0 aliphatic rings. The summed E-state index contributed by atoms with van der Waals surface area (Å²) in [6.07, 6.45) is 2.06. The van der Waals surface area contributed by atoms with E-state index in [-0.39, 0.29) is 11.5 Å². The van der Waals surface area contributed by atoms with Crippen molar-refractivity contribution in [1.29, 1.82) is 0 Å². The van der Waals surface area contributed by atoms with Crippen LogP contribution in [0.25, 0.3) is 0 Å². The molecule has 0 bridgehead atoms. The van der Waals surface area contributed by atoms with Crippen molar-refractivity contribution in [2.75, 3.05) is 17.9 Å². The van der Waals surface area contributed by atoms with Crippen LogP contribution in [0.5, 0.6) is 5.75 Å². The molecule has 0 unspecified atom stereocenters. The van der Waals surface area contributed by atoms with Crippen molar-refractivity contribution in [3.8, 4) is 5.75 Å². The fourth-order valence-corrected chi connectivity index (χ4v) is 3.21. The van der Waals surface area contributed by atoms with Crippen molar-refractivity contribution in [2.45, 2.75) is 11.3 Å². The molecule has 1 aromatic heterocycles. The van der Waals surface area contributed by atoms with Gasteiger partial charge in [0.05, 0.1) is 11.5 Å². The van der Waals surface area contributed by atoms with Crippen LogP contribution in [-0.2, 0) is 10.0 Å². The Morgan fingerprint density at radius 2 is 2.05 bits per heavy atom. The first kappa shape index (κ1) is 14.8. The van der Waals surface area contributed by atoms with Gasteiger partial charge in [-0.3, -0.25) is 4.72 Å². The quantitative estimate of drug-likeness (QED) is 0.759. The molecule has 1 heterocycles. The summed E-state index contributed by atoms with van der Waals surface area (Å²) in [6.45, 7) is 0.449. The van der Waals surface area contributed by atoms with E-state index in [1.54, 1.807) is 17.5 Å². The second-order valence-corrected chi connectivity index (χ2v) is 6.42. The highest BCUT2D eigenvalue weighted by Gasteiger charge is 2.15. The predicted octanol–water partition coefficient (Wildman–Crippen LogP) is 1.71. The fraction of sp³-hybridized carbons (Fsp3) is 0.250. The first-order chi connectivity index (χ1) is 9.62. The monoisotopic (exact) mass is 314 g/mol. The SMILES string of the molecule is O=S(=O)(Nc1nccs1)c1ccc(OCCCO)cc1. The smallest absolute Gasteiger partial charge is 0.263 e. The van der Waals surface area contributed by atoms with Crippen molar-refractivity contribution in [1.82, 2.24) is 4.98 Å². The molecule has 0 amide bonds. The standard InChI is InChI=1S/C12H14N2O4S2/c15-7-1-8-18-10-2-4-11(5-3-10)20(16,17)14-12-13-6-9-19-12/h2-6,9,15H,1,7-8H2,(H,13,14). The molecule has 0 saturated heterocycles. The molecular formula is C12H14N2O4S2. The van der Waals surface area contributed by atoms with Crippen LogP contribution in [0.4, 0.5) is 5.13 Å². The van der Waals surface area contributed by atoms with E-state index in [0.29, 0.717) is 23.9 Å². The number of aliphatic hydroxyl groups is 1. The lowest BCUT2D eigenvalue weighted by Gasteiger charge is -2.07. The maximum absolute atomic E-state index is 12.1. The minimum absolute atomic E-state index is 0.0597. The Morgan fingerprint density at radius 1 is 1.30 bits per heavy atom. The maximum Gasteiger partial charge on any atom is 0.263 e. The molecule has 108 valence electrons. The van der Waals surface area contributed by atoms with Gasteiger partial charge in [-0.05, 0) is 24.3 Å². The Morgan fingerprint density at radius 3 is 2.65 bits per heavy atom. The molecule has 0 spiro atoms. The molecule has 8 heteroatoms. The van der Waals surface area contributed by atoms with Crippen LogP contribution < -0.4 is 9.46 Å². The Bertz CT molecular complexity index is 624. The molecule has 2 rings (SSSR count). The highest BCUT2D eigenvalue weighted by molar-refractivity contribution is 7.93. The Balaban J connectivity index is 2.05. The molecule has 0 fully saturated rings. The highest BCUT2D eigenvalue weighted by Crippen LogP contribution is 2.20. The molecule has 2 aromatic rings. The summed E-state index contributed by atoms with van der Waals surface area (Å²) in [5.41, 5.74) is 0. The summed E-state index contributed by atoms with van der Waals surface area (Å²) in [5, 5.41) is 10.7. The van der Waals surface area contributed by atoms with Crippen molar-refractivity contribution >= 4 is 26.5 Å². The van der Waals surface area contributed by atoms with E-state index in [0.717, 1.165) is 0 Å².